The van der Waals surface area contributed by atoms with Gasteiger partial charge in [-0.25, -0.2) is 0 Å². The minimum absolute atomic E-state index is 0.141. The lowest BCUT2D eigenvalue weighted by molar-refractivity contribution is 0.0766. The van der Waals surface area contributed by atoms with Gasteiger partial charge in [0, 0.05) is 34.1 Å². The lowest BCUT2D eigenvalue weighted by atomic mass is 10.1. The fraction of sp³-hybridized carbons (Fsp3) is 0.278. The second kappa shape index (κ2) is 7.34. The molecule has 22 heavy (non-hydrogen) atoms. The van der Waals surface area contributed by atoms with Gasteiger partial charge in [0.2, 0.25) is 0 Å². The van der Waals surface area contributed by atoms with Crippen molar-refractivity contribution in [3.05, 3.63) is 70.2 Å². The van der Waals surface area contributed by atoms with E-state index in [1.165, 1.54) is 5.56 Å². The molecule has 4 heteroatoms. The van der Waals surface area contributed by atoms with Crippen molar-refractivity contribution >= 4 is 33.6 Å². The summed E-state index contributed by atoms with van der Waals surface area (Å²) in [4.78, 5) is 14.6. The summed E-state index contributed by atoms with van der Waals surface area (Å²) in [5.74, 6) is 1.13. The molecule has 2 aromatic carbocycles. The Morgan fingerprint density at radius 1 is 1.05 bits per heavy atom. The van der Waals surface area contributed by atoms with E-state index in [-0.39, 0.29) is 5.91 Å². The number of hydrogen-bond acceptors (Lipinski definition) is 2. The first-order valence-electron chi connectivity index (χ1n) is 7.45. The Morgan fingerprint density at radius 2 is 1.77 bits per heavy atom. The van der Waals surface area contributed by atoms with Crippen molar-refractivity contribution in [2.24, 2.45) is 0 Å². The first-order valence-corrected chi connectivity index (χ1v) is 9.29. The van der Waals surface area contributed by atoms with Gasteiger partial charge in [-0.1, -0.05) is 46.3 Å². The zero-order valence-electron chi connectivity index (χ0n) is 12.2. The summed E-state index contributed by atoms with van der Waals surface area (Å²) in [7, 11) is 0. The highest BCUT2D eigenvalue weighted by Crippen LogP contribution is 2.34. The highest BCUT2D eigenvalue weighted by molar-refractivity contribution is 9.10. The Morgan fingerprint density at radius 3 is 2.50 bits per heavy atom. The molecule has 2 aromatic rings. The van der Waals surface area contributed by atoms with E-state index in [9.17, 15) is 4.79 Å². The maximum absolute atomic E-state index is 12.6. The van der Waals surface area contributed by atoms with Crippen molar-refractivity contribution in [3.63, 3.8) is 0 Å². The fourth-order valence-corrected chi connectivity index (χ4v) is 4.18. The molecular formula is C18H18BrNOS. The van der Waals surface area contributed by atoms with E-state index in [0.717, 1.165) is 35.3 Å². The van der Waals surface area contributed by atoms with E-state index < -0.39 is 0 Å². The van der Waals surface area contributed by atoms with Gasteiger partial charge in [0.1, 0.15) is 0 Å². The molecule has 0 N–H and O–H groups in total. The lowest BCUT2D eigenvalue weighted by Gasteiger charge is -2.20. The van der Waals surface area contributed by atoms with Gasteiger partial charge in [0.25, 0.3) is 5.91 Å². The van der Waals surface area contributed by atoms with Gasteiger partial charge < -0.3 is 4.90 Å². The molecule has 1 saturated heterocycles. The van der Waals surface area contributed by atoms with Crippen LogP contribution in [0, 0.1) is 0 Å². The molecule has 0 aromatic heterocycles. The smallest absolute Gasteiger partial charge is 0.253 e. The third-order valence-electron chi connectivity index (χ3n) is 3.89. The van der Waals surface area contributed by atoms with Crippen LogP contribution in [0.2, 0.25) is 0 Å². The third-order valence-corrected chi connectivity index (χ3v) is 5.75. The van der Waals surface area contributed by atoms with E-state index >= 15 is 0 Å². The van der Waals surface area contributed by atoms with Crippen molar-refractivity contribution in [2.75, 3.05) is 18.8 Å². The zero-order chi connectivity index (χ0) is 15.4. The molecule has 1 unspecified atom stereocenters. The maximum Gasteiger partial charge on any atom is 0.253 e. The van der Waals surface area contributed by atoms with Gasteiger partial charge in [-0.2, -0.15) is 11.8 Å². The highest BCUT2D eigenvalue weighted by Gasteiger charge is 2.22. The van der Waals surface area contributed by atoms with Crippen LogP contribution >= 0.6 is 27.7 Å². The van der Waals surface area contributed by atoms with Crippen molar-refractivity contribution < 1.29 is 4.79 Å². The molecule has 0 bridgehead atoms. The Labute approximate surface area is 144 Å². The van der Waals surface area contributed by atoms with E-state index in [1.807, 2.05) is 47.0 Å². The molecule has 0 spiro atoms. The summed E-state index contributed by atoms with van der Waals surface area (Å²) in [5.41, 5.74) is 2.14. The van der Waals surface area contributed by atoms with Crippen LogP contribution in [0.5, 0.6) is 0 Å². The van der Waals surface area contributed by atoms with Crippen LogP contribution < -0.4 is 0 Å². The van der Waals surface area contributed by atoms with Crippen LogP contribution in [-0.2, 0) is 0 Å². The number of carbonyl (C=O) groups is 1. The van der Waals surface area contributed by atoms with Crippen LogP contribution in [0.1, 0.15) is 27.6 Å². The highest BCUT2D eigenvalue weighted by atomic mass is 79.9. The summed E-state index contributed by atoms with van der Waals surface area (Å²) in [6, 6.07) is 18.2. The number of nitrogens with zero attached hydrogens (tertiary/aromatic N) is 1. The summed E-state index contributed by atoms with van der Waals surface area (Å²) in [6.45, 7) is 1.64. The zero-order valence-corrected chi connectivity index (χ0v) is 14.6. The Kier molecular flexibility index (Phi) is 5.21. The summed E-state index contributed by atoms with van der Waals surface area (Å²) in [5, 5.41) is 0.490. The van der Waals surface area contributed by atoms with Crippen molar-refractivity contribution in [3.8, 4) is 0 Å². The minimum atomic E-state index is 0.141. The van der Waals surface area contributed by atoms with Gasteiger partial charge in [-0.05, 0) is 36.2 Å². The van der Waals surface area contributed by atoms with E-state index in [1.54, 1.807) is 0 Å². The minimum Gasteiger partial charge on any atom is -0.338 e. The third kappa shape index (κ3) is 3.73. The molecule has 0 saturated carbocycles. The lowest BCUT2D eigenvalue weighted by Crippen LogP contribution is -2.32. The van der Waals surface area contributed by atoms with Crippen molar-refractivity contribution in [1.82, 2.24) is 4.90 Å². The van der Waals surface area contributed by atoms with Crippen LogP contribution in [0.25, 0.3) is 0 Å². The Hall–Kier alpha value is -1.26. The molecule has 0 radical (unpaired) electrons. The summed E-state index contributed by atoms with van der Waals surface area (Å²) >= 11 is 5.36. The Bertz CT molecular complexity index is 629. The van der Waals surface area contributed by atoms with E-state index in [2.05, 4.69) is 40.2 Å². The summed E-state index contributed by atoms with van der Waals surface area (Å²) < 4.78 is 1.000. The number of amides is 1. The van der Waals surface area contributed by atoms with Gasteiger partial charge in [-0.15, -0.1) is 0 Å². The first kappa shape index (κ1) is 15.6. The van der Waals surface area contributed by atoms with Gasteiger partial charge in [0.05, 0.1) is 0 Å². The second-order valence-electron chi connectivity index (χ2n) is 5.36. The van der Waals surface area contributed by atoms with Gasteiger partial charge in [-0.3, -0.25) is 4.79 Å². The molecule has 114 valence electrons. The number of benzene rings is 2. The monoisotopic (exact) mass is 375 g/mol. The number of halogens is 1. The molecule has 1 aliphatic heterocycles. The molecule has 1 amide bonds. The molecule has 3 rings (SSSR count). The molecule has 1 atom stereocenters. The quantitative estimate of drug-likeness (QED) is 0.753. The maximum atomic E-state index is 12.6. The number of carbonyl (C=O) groups excluding carboxylic acids is 1. The molecule has 1 fully saturated rings. The second-order valence-corrected chi connectivity index (χ2v) is 7.58. The SMILES string of the molecule is O=C(c1ccc(Br)cc1)N1CCSC(c2ccccc2)CC1. The number of rotatable bonds is 2. The molecule has 2 nitrogen and oxygen atoms in total. The largest absolute Gasteiger partial charge is 0.338 e. The van der Waals surface area contributed by atoms with E-state index in [0.29, 0.717) is 5.25 Å². The predicted octanol–water partition coefficient (Wildman–Crippen LogP) is 4.77. The predicted molar refractivity (Wildman–Crippen MR) is 96.3 cm³/mol. The average molecular weight is 376 g/mol. The van der Waals surface area contributed by atoms with Crippen LogP contribution in [0.4, 0.5) is 0 Å². The summed E-state index contributed by atoms with van der Waals surface area (Å²) in [6.07, 6.45) is 1.01. The van der Waals surface area contributed by atoms with Crippen LogP contribution in [0.3, 0.4) is 0 Å². The normalized spacial score (nSPS) is 18.8. The van der Waals surface area contributed by atoms with Gasteiger partial charge >= 0.3 is 0 Å². The van der Waals surface area contributed by atoms with Crippen LogP contribution in [-0.4, -0.2) is 29.6 Å². The topological polar surface area (TPSA) is 20.3 Å². The average Bonchev–Trinajstić information content (AvgIpc) is 2.82. The van der Waals surface area contributed by atoms with Crippen LogP contribution in [0.15, 0.2) is 59.1 Å². The molecule has 1 aliphatic rings. The molecule has 0 aliphatic carbocycles. The van der Waals surface area contributed by atoms with Crippen molar-refractivity contribution in [2.45, 2.75) is 11.7 Å². The fourth-order valence-electron chi connectivity index (χ4n) is 2.68. The first-order chi connectivity index (χ1) is 10.7. The van der Waals surface area contributed by atoms with E-state index in [4.69, 9.17) is 0 Å². The van der Waals surface area contributed by atoms with Gasteiger partial charge in [0.15, 0.2) is 0 Å². The number of thioether (sulfide) groups is 1. The standard InChI is InChI=1S/C18H18BrNOS/c19-16-8-6-15(7-9-16)18(21)20-11-10-17(22-13-12-20)14-4-2-1-3-5-14/h1-9,17H,10-13H2. The number of hydrogen-bond donors (Lipinski definition) is 0. The molecular weight excluding hydrogens is 358 g/mol. The molecule has 1 heterocycles. The Balaban J connectivity index is 1.67. The van der Waals surface area contributed by atoms with Crippen molar-refractivity contribution in [1.29, 1.82) is 0 Å².